The number of hydrogen-bond donors (Lipinski definition) is 0. The van der Waals surface area contributed by atoms with E-state index in [1.165, 1.54) is 64.8 Å². The fourth-order valence-electron chi connectivity index (χ4n) is 2.83. The van der Waals surface area contributed by atoms with Crippen LogP contribution in [0.3, 0.4) is 0 Å². The van der Waals surface area contributed by atoms with E-state index >= 15 is 0 Å². The Morgan fingerprint density at radius 3 is 2.53 bits per heavy atom. The van der Waals surface area contributed by atoms with E-state index in [4.69, 9.17) is 0 Å². The zero-order chi connectivity index (χ0) is 13.3. The smallest absolute Gasteiger partial charge is 0.0895 e. The number of likely N-dealkylation sites (N-methyl/N-ethyl adjacent to an activating group) is 1. The van der Waals surface area contributed by atoms with Gasteiger partial charge in [-0.15, -0.1) is 0 Å². The normalized spacial score (nSPS) is 23.0. The van der Waals surface area contributed by atoms with E-state index in [2.05, 4.69) is 32.8 Å². The second kappa shape index (κ2) is 8.47. The van der Waals surface area contributed by atoms with Crippen LogP contribution in [0.2, 0.25) is 0 Å². The summed E-state index contributed by atoms with van der Waals surface area (Å²) < 4.78 is 0. The average Bonchev–Trinajstić information content (AvgIpc) is 2.46. The van der Waals surface area contributed by atoms with Crippen LogP contribution < -0.4 is 0 Å². The summed E-state index contributed by atoms with van der Waals surface area (Å²) in [5, 5.41) is 0. The molecule has 108 valence electrons. The Kier molecular flexibility index (Phi) is 6.55. The zero-order valence-corrected chi connectivity index (χ0v) is 12.4. The van der Waals surface area contributed by atoms with Gasteiger partial charge in [0.25, 0.3) is 0 Å². The van der Waals surface area contributed by atoms with Crippen molar-refractivity contribution in [3.8, 4) is 0 Å². The summed E-state index contributed by atoms with van der Waals surface area (Å²) in [7, 11) is 2.20. The maximum atomic E-state index is 4.44. The van der Waals surface area contributed by atoms with E-state index in [9.17, 15) is 0 Å². The Morgan fingerprint density at radius 2 is 1.79 bits per heavy atom. The zero-order valence-electron chi connectivity index (χ0n) is 12.4. The van der Waals surface area contributed by atoms with Gasteiger partial charge in [0.1, 0.15) is 0 Å². The fraction of sp³-hybridized carbons (Fsp3) is 0.933. The summed E-state index contributed by atoms with van der Waals surface area (Å²) in [4.78, 5) is 13.7. The second-order valence-corrected chi connectivity index (χ2v) is 5.90. The minimum Gasteiger partial charge on any atom is -0.304 e. The van der Waals surface area contributed by atoms with Crippen molar-refractivity contribution in [2.75, 3.05) is 46.3 Å². The van der Waals surface area contributed by atoms with Gasteiger partial charge in [0.2, 0.25) is 0 Å². The molecule has 0 unspecified atom stereocenters. The highest BCUT2D eigenvalue weighted by molar-refractivity contribution is 5.41. The van der Waals surface area contributed by atoms with Gasteiger partial charge < -0.3 is 9.80 Å². The molecule has 1 aliphatic carbocycles. The van der Waals surface area contributed by atoms with Gasteiger partial charge in [-0.05, 0) is 26.3 Å². The molecule has 0 amide bonds. The van der Waals surface area contributed by atoms with E-state index in [1.807, 2.05) is 0 Å². The Hall–Kier alpha value is -0.700. The van der Waals surface area contributed by atoms with E-state index in [0.29, 0.717) is 6.04 Å². The third-order valence-electron chi connectivity index (χ3n) is 4.23. The van der Waals surface area contributed by atoms with E-state index < -0.39 is 0 Å². The number of piperazine rings is 1. The van der Waals surface area contributed by atoms with Crippen molar-refractivity contribution in [3.63, 3.8) is 0 Å². The Labute approximate surface area is 117 Å². The van der Waals surface area contributed by atoms with Crippen molar-refractivity contribution in [3.05, 3.63) is 0 Å². The average molecular weight is 264 g/mol. The van der Waals surface area contributed by atoms with Gasteiger partial charge in [-0.2, -0.15) is 0 Å². The number of rotatable bonds is 5. The highest BCUT2D eigenvalue weighted by Gasteiger charge is 2.12. The van der Waals surface area contributed by atoms with Gasteiger partial charge in [0.05, 0.1) is 18.6 Å². The third-order valence-corrected chi connectivity index (χ3v) is 4.23. The van der Waals surface area contributed by atoms with E-state index in [-0.39, 0.29) is 0 Å². The first-order chi connectivity index (χ1) is 9.34. The molecule has 0 bridgehead atoms. The summed E-state index contributed by atoms with van der Waals surface area (Å²) in [5.74, 6) is 0. The Morgan fingerprint density at radius 1 is 1.05 bits per heavy atom. The largest absolute Gasteiger partial charge is 0.304 e. The monoisotopic (exact) mass is 264 g/mol. The highest BCUT2D eigenvalue weighted by atomic mass is 15.2. The molecule has 0 aromatic carbocycles. The molecule has 1 heterocycles. The molecular formula is C15H28N4. The van der Waals surface area contributed by atoms with Gasteiger partial charge in [0, 0.05) is 32.7 Å². The molecule has 2 aliphatic rings. The number of hydrogen-bond acceptors (Lipinski definition) is 4. The molecule has 0 radical (unpaired) electrons. The first-order valence-electron chi connectivity index (χ1n) is 7.87. The van der Waals surface area contributed by atoms with Crippen LogP contribution in [0.25, 0.3) is 0 Å². The van der Waals surface area contributed by atoms with Gasteiger partial charge in [-0.1, -0.05) is 19.3 Å². The molecule has 2 rings (SSSR count). The van der Waals surface area contributed by atoms with Crippen LogP contribution in [0.1, 0.15) is 38.5 Å². The first kappa shape index (κ1) is 14.7. The summed E-state index contributed by atoms with van der Waals surface area (Å²) in [6, 6.07) is 3.43. The lowest BCUT2D eigenvalue weighted by atomic mass is 9.96. The quantitative estimate of drug-likeness (QED) is 0.563. The summed E-state index contributed by atoms with van der Waals surface area (Å²) in [6.07, 6.45) is 7.66. The molecule has 4 nitrogen and oxygen atoms in total. The highest BCUT2D eigenvalue weighted by Crippen LogP contribution is 2.19. The van der Waals surface area contributed by atoms with Crippen LogP contribution in [0.5, 0.6) is 0 Å². The molecule has 1 aliphatic heterocycles. The van der Waals surface area contributed by atoms with Gasteiger partial charge >= 0.3 is 0 Å². The van der Waals surface area contributed by atoms with Crippen molar-refractivity contribution in [2.24, 2.45) is 9.98 Å². The molecule has 1 saturated heterocycles. The van der Waals surface area contributed by atoms with Crippen LogP contribution in [0.15, 0.2) is 9.98 Å². The van der Waals surface area contributed by atoms with Crippen molar-refractivity contribution in [2.45, 2.75) is 44.6 Å². The lowest BCUT2D eigenvalue weighted by Gasteiger charge is -2.32. The van der Waals surface area contributed by atoms with Gasteiger partial charge in [0.15, 0.2) is 0 Å². The number of nitrogens with zero attached hydrogens (tertiary/aromatic N) is 4. The summed E-state index contributed by atoms with van der Waals surface area (Å²) in [6.45, 7) is 6.86. The standard InChI is InChI=1S/C15H28N4/c1-18-10-12-19(13-11-18)9-5-8-16-14-17-15-6-3-2-4-7-15/h15H,2-13H2,1H3. The molecule has 19 heavy (non-hydrogen) atoms. The Balaban J connectivity index is 1.54. The number of aliphatic imine (C=N–C) groups is 2. The fourth-order valence-corrected chi connectivity index (χ4v) is 2.83. The Bertz CT molecular complexity index is 295. The first-order valence-corrected chi connectivity index (χ1v) is 7.87. The third kappa shape index (κ3) is 5.85. The summed E-state index contributed by atoms with van der Waals surface area (Å²) in [5.41, 5.74) is 0. The predicted molar refractivity (Wildman–Crippen MR) is 80.2 cm³/mol. The van der Waals surface area contributed by atoms with E-state index in [1.54, 1.807) is 0 Å². The molecule has 0 aromatic rings. The topological polar surface area (TPSA) is 31.2 Å². The lowest BCUT2D eigenvalue weighted by Crippen LogP contribution is -2.44. The predicted octanol–water partition coefficient (Wildman–Crippen LogP) is 2.13. The van der Waals surface area contributed by atoms with Crippen molar-refractivity contribution >= 4 is 6.01 Å². The van der Waals surface area contributed by atoms with Crippen LogP contribution in [0, 0.1) is 0 Å². The van der Waals surface area contributed by atoms with Crippen LogP contribution in [-0.2, 0) is 0 Å². The van der Waals surface area contributed by atoms with Gasteiger partial charge in [-0.25, -0.2) is 9.98 Å². The molecule has 0 atom stereocenters. The maximum Gasteiger partial charge on any atom is 0.0895 e. The van der Waals surface area contributed by atoms with Crippen molar-refractivity contribution < 1.29 is 0 Å². The molecule has 0 spiro atoms. The molecular weight excluding hydrogens is 236 g/mol. The molecule has 2 fully saturated rings. The molecule has 4 heteroatoms. The van der Waals surface area contributed by atoms with E-state index in [0.717, 1.165) is 13.0 Å². The van der Waals surface area contributed by atoms with Gasteiger partial charge in [-0.3, -0.25) is 0 Å². The van der Waals surface area contributed by atoms with Crippen LogP contribution >= 0.6 is 0 Å². The molecule has 1 saturated carbocycles. The SMILES string of the molecule is CN1CCN(CCCN=C=NC2CCCCC2)CC1. The maximum absolute atomic E-state index is 4.44. The van der Waals surface area contributed by atoms with Crippen molar-refractivity contribution in [1.29, 1.82) is 0 Å². The lowest BCUT2D eigenvalue weighted by molar-refractivity contribution is 0.153. The molecule has 0 N–H and O–H groups in total. The molecule has 0 aromatic heterocycles. The minimum absolute atomic E-state index is 0.509. The van der Waals surface area contributed by atoms with Crippen molar-refractivity contribution in [1.82, 2.24) is 9.80 Å². The van der Waals surface area contributed by atoms with Crippen LogP contribution in [-0.4, -0.2) is 68.2 Å². The second-order valence-electron chi connectivity index (χ2n) is 5.90. The summed E-state index contributed by atoms with van der Waals surface area (Å²) >= 11 is 0. The van der Waals surface area contributed by atoms with Crippen LogP contribution in [0.4, 0.5) is 0 Å². The minimum atomic E-state index is 0.509.